The van der Waals surface area contributed by atoms with Crippen molar-refractivity contribution >= 4 is 12.1 Å². The lowest BCUT2D eigenvalue weighted by Gasteiger charge is -2.07. The molecule has 5 nitrogen and oxygen atoms in total. The Kier molecular flexibility index (Phi) is 5.84. The Hall–Kier alpha value is -3.60. The maximum absolute atomic E-state index is 12.1. The number of hydrazone groups is 1. The van der Waals surface area contributed by atoms with Crippen molar-refractivity contribution < 1.29 is 14.6 Å². The van der Waals surface area contributed by atoms with E-state index in [2.05, 4.69) is 10.5 Å². The molecule has 3 aromatic rings. The van der Waals surface area contributed by atoms with Crippen molar-refractivity contribution in [3.8, 4) is 11.5 Å². The molecule has 0 saturated carbocycles. The van der Waals surface area contributed by atoms with Crippen molar-refractivity contribution in [3.05, 3.63) is 95.1 Å². The number of carbonyl (C=O) groups excluding carboxylic acids is 1. The number of hydrogen-bond acceptors (Lipinski definition) is 4. The van der Waals surface area contributed by atoms with E-state index >= 15 is 0 Å². The molecule has 1 amide bonds. The van der Waals surface area contributed by atoms with Gasteiger partial charge in [0.05, 0.1) is 6.21 Å². The van der Waals surface area contributed by atoms with Crippen molar-refractivity contribution in [2.75, 3.05) is 0 Å². The maximum Gasteiger partial charge on any atom is 0.271 e. The lowest BCUT2D eigenvalue weighted by atomic mass is 10.2. The van der Waals surface area contributed by atoms with Crippen LogP contribution in [0.4, 0.5) is 0 Å². The predicted octanol–water partition coefficient (Wildman–Crippen LogP) is 4.04. The number of carbonyl (C=O) groups is 1. The van der Waals surface area contributed by atoms with Crippen LogP contribution in [0.25, 0.3) is 0 Å². The second kappa shape index (κ2) is 8.67. The zero-order chi connectivity index (χ0) is 19.1. The van der Waals surface area contributed by atoms with Crippen LogP contribution in [-0.4, -0.2) is 17.2 Å². The summed E-state index contributed by atoms with van der Waals surface area (Å²) in [4.78, 5) is 12.1. The van der Waals surface area contributed by atoms with Gasteiger partial charge in [-0.3, -0.25) is 4.79 Å². The number of nitrogens with zero attached hydrogens (tertiary/aromatic N) is 1. The van der Waals surface area contributed by atoms with Crippen LogP contribution in [0.15, 0.2) is 77.9 Å². The van der Waals surface area contributed by atoms with Gasteiger partial charge in [0, 0.05) is 5.56 Å². The van der Waals surface area contributed by atoms with Gasteiger partial charge in [-0.25, -0.2) is 5.43 Å². The Morgan fingerprint density at radius 3 is 2.33 bits per heavy atom. The molecule has 0 heterocycles. The highest BCUT2D eigenvalue weighted by atomic mass is 16.5. The van der Waals surface area contributed by atoms with Crippen LogP contribution < -0.4 is 10.2 Å². The van der Waals surface area contributed by atoms with Gasteiger partial charge in [-0.15, -0.1) is 0 Å². The molecule has 0 aliphatic rings. The van der Waals surface area contributed by atoms with Crippen molar-refractivity contribution in [2.24, 2.45) is 5.10 Å². The van der Waals surface area contributed by atoms with E-state index in [0.717, 1.165) is 11.1 Å². The fourth-order valence-corrected chi connectivity index (χ4v) is 2.34. The molecular weight excluding hydrogens is 340 g/mol. The first-order valence-corrected chi connectivity index (χ1v) is 8.51. The second-order valence-corrected chi connectivity index (χ2v) is 6.09. The van der Waals surface area contributed by atoms with Gasteiger partial charge in [-0.05, 0) is 66.6 Å². The first kappa shape index (κ1) is 18.2. The van der Waals surface area contributed by atoms with Crippen molar-refractivity contribution in [1.82, 2.24) is 5.43 Å². The largest absolute Gasteiger partial charge is 0.508 e. The van der Waals surface area contributed by atoms with Crippen LogP contribution in [0.5, 0.6) is 11.5 Å². The molecule has 0 spiro atoms. The van der Waals surface area contributed by atoms with Gasteiger partial charge in [0.1, 0.15) is 18.1 Å². The van der Waals surface area contributed by atoms with Gasteiger partial charge in [-0.2, -0.15) is 5.10 Å². The summed E-state index contributed by atoms with van der Waals surface area (Å²) in [6, 6.07) is 21.6. The number of aryl methyl sites for hydroxylation is 1. The maximum atomic E-state index is 12.1. The molecule has 0 aliphatic carbocycles. The summed E-state index contributed by atoms with van der Waals surface area (Å²) in [7, 11) is 0. The van der Waals surface area contributed by atoms with E-state index < -0.39 is 0 Å². The zero-order valence-electron chi connectivity index (χ0n) is 14.9. The summed E-state index contributed by atoms with van der Waals surface area (Å²) in [5.41, 5.74) is 6.03. The van der Waals surface area contributed by atoms with Gasteiger partial charge >= 0.3 is 0 Å². The normalized spacial score (nSPS) is 10.7. The van der Waals surface area contributed by atoms with E-state index in [0.29, 0.717) is 17.9 Å². The number of benzene rings is 3. The van der Waals surface area contributed by atoms with Crippen LogP contribution in [0.3, 0.4) is 0 Å². The topological polar surface area (TPSA) is 70.9 Å². The standard InChI is InChI=1S/C22H20N2O3/c1-16-2-4-18(5-3-16)15-27-21-12-8-19(9-13-21)22(26)24-23-14-17-6-10-20(25)11-7-17/h2-14,25H,15H2,1H3,(H,24,26)/b23-14+. The number of hydrogen-bond donors (Lipinski definition) is 2. The number of aromatic hydroxyl groups is 1. The minimum Gasteiger partial charge on any atom is -0.508 e. The number of rotatable bonds is 6. The van der Waals surface area contributed by atoms with E-state index in [1.165, 1.54) is 11.8 Å². The van der Waals surface area contributed by atoms with E-state index in [-0.39, 0.29) is 11.7 Å². The number of phenols is 1. The highest BCUT2D eigenvalue weighted by Gasteiger charge is 2.04. The van der Waals surface area contributed by atoms with Gasteiger partial charge in [-0.1, -0.05) is 29.8 Å². The summed E-state index contributed by atoms with van der Waals surface area (Å²) in [6.45, 7) is 2.52. The summed E-state index contributed by atoms with van der Waals surface area (Å²) < 4.78 is 5.73. The highest BCUT2D eigenvalue weighted by molar-refractivity contribution is 5.95. The summed E-state index contributed by atoms with van der Waals surface area (Å²) in [5.74, 6) is 0.565. The van der Waals surface area contributed by atoms with E-state index in [9.17, 15) is 9.90 Å². The molecule has 0 unspecified atom stereocenters. The zero-order valence-corrected chi connectivity index (χ0v) is 14.9. The second-order valence-electron chi connectivity index (χ2n) is 6.09. The number of ether oxygens (including phenoxy) is 1. The molecule has 0 fully saturated rings. The molecule has 0 bridgehead atoms. The third kappa shape index (κ3) is 5.44. The van der Waals surface area contributed by atoms with Crippen molar-refractivity contribution in [1.29, 1.82) is 0 Å². The SMILES string of the molecule is Cc1ccc(COc2ccc(C(=O)N/N=C/c3ccc(O)cc3)cc2)cc1. The van der Waals surface area contributed by atoms with Crippen molar-refractivity contribution in [2.45, 2.75) is 13.5 Å². The summed E-state index contributed by atoms with van der Waals surface area (Å²) >= 11 is 0. The molecule has 0 atom stereocenters. The van der Waals surface area contributed by atoms with Crippen LogP contribution in [0, 0.1) is 6.92 Å². The molecule has 2 N–H and O–H groups in total. The van der Waals surface area contributed by atoms with E-state index in [4.69, 9.17) is 4.74 Å². The summed E-state index contributed by atoms with van der Waals surface area (Å²) in [5, 5.41) is 13.1. The number of nitrogens with one attached hydrogen (secondary N) is 1. The lowest BCUT2D eigenvalue weighted by molar-refractivity contribution is 0.0955. The van der Waals surface area contributed by atoms with Gasteiger partial charge in [0.2, 0.25) is 0 Å². The predicted molar refractivity (Wildman–Crippen MR) is 105 cm³/mol. The molecular formula is C22H20N2O3. The third-order valence-corrected chi connectivity index (χ3v) is 3.92. The van der Waals surface area contributed by atoms with E-state index in [1.54, 1.807) is 48.5 Å². The molecule has 0 radical (unpaired) electrons. The molecule has 3 rings (SSSR count). The van der Waals surface area contributed by atoms with Crippen LogP contribution >= 0.6 is 0 Å². The quantitative estimate of drug-likeness (QED) is 0.515. The Balaban J connectivity index is 1.52. The van der Waals surface area contributed by atoms with Gasteiger partial charge in [0.25, 0.3) is 5.91 Å². The average Bonchev–Trinajstić information content (AvgIpc) is 2.69. The number of amides is 1. The molecule has 0 aliphatic heterocycles. The highest BCUT2D eigenvalue weighted by Crippen LogP contribution is 2.15. The lowest BCUT2D eigenvalue weighted by Crippen LogP contribution is -2.17. The monoisotopic (exact) mass is 360 g/mol. The average molecular weight is 360 g/mol. The Morgan fingerprint density at radius 1 is 1.00 bits per heavy atom. The van der Waals surface area contributed by atoms with Gasteiger partial charge < -0.3 is 9.84 Å². The van der Waals surface area contributed by atoms with Gasteiger partial charge in [0.15, 0.2) is 0 Å². The smallest absolute Gasteiger partial charge is 0.271 e. The minimum absolute atomic E-state index is 0.181. The molecule has 27 heavy (non-hydrogen) atoms. The number of phenolic OH excluding ortho intramolecular Hbond substituents is 1. The van der Waals surface area contributed by atoms with Crippen molar-refractivity contribution in [3.63, 3.8) is 0 Å². The molecule has 0 aromatic heterocycles. The molecule has 0 saturated heterocycles. The minimum atomic E-state index is -0.310. The molecule has 136 valence electrons. The first-order valence-electron chi connectivity index (χ1n) is 8.51. The third-order valence-electron chi connectivity index (χ3n) is 3.92. The summed E-state index contributed by atoms with van der Waals surface area (Å²) in [6.07, 6.45) is 1.51. The first-order chi connectivity index (χ1) is 13.1. The van der Waals surface area contributed by atoms with E-state index in [1.807, 2.05) is 31.2 Å². The van der Waals surface area contributed by atoms with Crippen LogP contribution in [-0.2, 0) is 6.61 Å². The Labute approximate surface area is 157 Å². The Bertz CT molecular complexity index is 915. The molecule has 5 heteroatoms. The van der Waals surface area contributed by atoms with Crippen LogP contribution in [0.1, 0.15) is 27.0 Å². The van der Waals surface area contributed by atoms with Crippen LogP contribution in [0.2, 0.25) is 0 Å². The fraction of sp³-hybridized carbons (Fsp3) is 0.0909. The molecule has 3 aromatic carbocycles. The fourth-order valence-electron chi connectivity index (χ4n) is 2.34. The Morgan fingerprint density at radius 2 is 1.67 bits per heavy atom.